The van der Waals surface area contributed by atoms with Gasteiger partial charge in [-0.15, -0.1) is 0 Å². The maximum Gasteiger partial charge on any atom is 0.171 e. The number of anilines is 1. The normalized spacial score (nSPS) is 22.4. The molecule has 5 rings (SSSR count). The lowest BCUT2D eigenvalue weighted by atomic mass is 9.78. The number of carbonyl (C=O) groups excluding carboxylic acids is 1. The monoisotopic (exact) mass is 505 g/mol. The summed E-state index contributed by atoms with van der Waals surface area (Å²) in [5.74, 6) is 4.47. The van der Waals surface area contributed by atoms with Crippen LogP contribution >= 0.6 is 0 Å². The summed E-state index contributed by atoms with van der Waals surface area (Å²) >= 11 is 0. The van der Waals surface area contributed by atoms with E-state index in [9.17, 15) is 4.79 Å². The van der Waals surface area contributed by atoms with Crippen molar-refractivity contribution in [1.82, 2.24) is 9.88 Å². The maximum absolute atomic E-state index is 12.9. The summed E-state index contributed by atoms with van der Waals surface area (Å²) in [5, 5.41) is 0. The van der Waals surface area contributed by atoms with Crippen LogP contribution in [0.2, 0.25) is 0 Å². The number of ether oxygens (including phenoxy) is 2. The topological polar surface area (TPSA) is 54.9 Å². The van der Waals surface area contributed by atoms with E-state index in [0.717, 1.165) is 68.0 Å². The lowest BCUT2D eigenvalue weighted by Crippen LogP contribution is -2.47. The quantitative estimate of drug-likeness (QED) is 0.424. The smallest absolute Gasteiger partial charge is 0.171 e. The van der Waals surface area contributed by atoms with Gasteiger partial charge in [0, 0.05) is 56.3 Å². The predicted octanol–water partition coefficient (Wildman–Crippen LogP) is 5.79. The van der Waals surface area contributed by atoms with Crippen molar-refractivity contribution < 1.29 is 14.3 Å². The molecule has 1 saturated carbocycles. The molecule has 2 aromatic rings. The molecule has 6 nitrogen and oxygen atoms in total. The van der Waals surface area contributed by atoms with Crippen molar-refractivity contribution >= 4 is 11.6 Å². The van der Waals surface area contributed by atoms with Crippen LogP contribution in [0.5, 0.6) is 11.5 Å². The van der Waals surface area contributed by atoms with Crippen LogP contribution in [0.25, 0.3) is 0 Å². The van der Waals surface area contributed by atoms with E-state index in [1.165, 1.54) is 44.2 Å². The van der Waals surface area contributed by atoms with Crippen LogP contribution in [0.15, 0.2) is 36.5 Å². The molecule has 1 aromatic heterocycles. The van der Waals surface area contributed by atoms with E-state index in [0.29, 0.717) is 12.3 Å². The van der Waals surface area contributed by atoms with Crippen LogP contribution < -0.4 is 14.4 Å². The molecule has 2 aliphatic heterocycles. The fourth-order valence-electron chi connectivity index (χ4n) is 6.03. The molecule has 200 valence electrons. The number of hydrogen-bond donors (Lipinski definition) is 0. The zero-order valence-corrected chi connectivity index (χ0v) is 22.9. The Labute approximate surface area is 222 Å². The second kappa shape index (κ2) is 11.4. The van der Waals surface area contributed by atoms with Crippen molar-refractivity contribution in [1.29, 1.82) is 0 Å². The molecule has 1 aromatic carbocycles. The standard InChI is InChI=1S/C31H43N3O3/c1-31(2,3)37-27-10-8-25(9-11-27)28(35)22-24-6-4-23(5-7-24)13-16-33-17-19-34(20-18-33)30-29-26(12-15-32-30)14-21-36-29/h8-12,15,23-24H,4-7,13-14,16-22H2,1-3H3. The Morgan fingerprint density at radius 3 is 2.41 bits per heavy atom. The molecule has 6 heteroatoms. The van der Waals surface area contributed by atoms with E-state index in [-0.39, 0.29) is 11.4 Å². The molecular formula is C31H43N3O3. The molecule has 3 heterocycles. The summed E-state index contributed by atoms with van der Waals surface area (Å²) in [7, 11) is 0. The fourth-order valence-corrected chi connectivity index (χ4v) is 6.03. The maximum atomic E-state index is 12.9. The highest BCUT2D eigenvalue weighted by Gasteiger charge is 2.27. The van der Waals surface area contributed by atoms with E-state index in [1.54, 1.807) is 0 Å². The van der Waals surface area contributed by atoms with Crippen LogP contribution in [0.3, 0.4) is 0 Å². The largest absolute Gasteiger partial charge is 0.489 e. The molecule has 0 amide bonds. The minimum atomic E-state index is -0.229. The fraction of sp³-hybridized carbons (Fsp3) is 0.613. The summed E-state index contributed by atoms with van der Waals surface area (Å²) in [6.45, 7) is 12.3. The summed E-state index contributed by atoms with van der Waals surface area (Å²) in [6.07, 6.45) is 9.76. The zero-order chi connectivity index (χ0) is 25.8. The molecule has 2 fully saturated rings. The van der Waals surface area contributed by atoms with Gasteiger partial charge in [0.2, 0.25) is 0 Å². The van der Waals surface area contributed by atoms with Gasteiger partial charge in [0.25, 0.3) is 0 Å². The third-order valence-corrected chi connectivity index (χ3v) is 8.15. The Bertz CT molecular complexity index is 1050. The van der Waals surface area contributed by atoms with Gasteiger partial charge in [0.05, 0.1) is 6.61 Å². The van der Waals surface area contributed by atoms with E-state index in [4.69, 9.17) is 9.47 Å². The first-order valence-corrected chi connectivity index (χ1v) is 14.2. The second-order valence-electron chi connectivity index (χ2n) is 12.1. The Morgan fingerprint density at radius 2 is 1.70 bits per heavy atom. The van der Waals surface area contributed by atoms with Crippen LogP contribution in [-0.2, 0) is 6.42 Å². The van der Waals surface area contributed by atoms with Gasteiger partial charge in [0.1, 0.15) is 11.4 Å². The minimum Gasteiger partial charge on any atom is -0.489 e. The molecule has 0 spiro atoms. The molecule has 37 heavy (non-hydrogen) atoms. The van der Waals surface area contributed by atoms with Gasteiger partial charge in [-0.1, -0.05) is 12.8 Å². The molecule has 3 aliphatic rings. The van der Waals surface area contributed by atoms with Gasteiger partial charge >= 0.3 is 0 Å². The van der Waals surface area contributed by atoms with E-state index in [2.05, 4.69) is 20.9 Å². The first kappa shape index (κ1) is 26.0. The van der Waals surface area contributed by atoms with Crippen molar-refractivity contribution in [3.8, 4) is 11.5 Å². The van der Waals surface area contributed by atoms with Crippen LogP contribution in [0, 0.1) is 11.8 Å². The number of carbonyl (C=O) groups is 1. The number of nitrogens with zero attached hydrogens (tertiary/aromatic N) is 3. The van der Waals surface area contributed by atoms with Gasteiger partial charge in [0.15, 0.2) is 17.4 Å². The first-order chi connectivity index (χ1) is 17.8. The average molecular weight is 506 g/mol. The summed E-state index contributed by atoms with van der Waals surface area (Å²) < 4.78 is 11.8. The van der Waals surface area contributed by atoms with E-state index < -0.39 is 0 Å². The number of ketones is 1. The predicted molar refractivity (Wildman–Crippen MR) is 148 cm³/mol. The second-order valence-corrected chi connectivity index (χ2v) is 12.1. The molecule has 0 N–H and O–H groups in total. The Morgan fingerprint density at radius 1 is 1.00 bits per heavy atom. The average Bonchev–Trinajstić information content (AvgIpc) is 3.37. The highest BCUT2D eigenvalue weighted by Crippen LogP contribution is 2.36. The number of fused-ring (bicyclic) bond motifs is 1. The van der Waals surface area contributed by atoms with Gasteiger partial charge in [-0.25, -0.2) is 4.98 Å². The first-order valence-electron chi connectivity index (χ1n) is 14.2. The van der Waals surface area contributed by atoms with Crippen LogP contribution in [-0.4, -0.2) is 60.6 Å². The van der Waals surface area contributed by atoms with Crippen LogP contribution in [0.1, 0.15) is 75.2 Å². The molecule has 0 bridgehead atoms. The molecule has 1 saturated heterocycles. The Balaban J connectivity index is 1.00. The van der Waals surface area contributed by atoms with Crippen molar-refractivity contribution in [2.24, 2.45) is 11.8 Å². The highest BCUT2D eigenvalue weighted by atomic mass is 16.5. The lowest BCUT2D eigenvalue weighted by Gasteiger charge is -2.37. The van der Waals surface area contributed by atoms with Gasteiger partial charge in [-0.05, 0) is 88.7 Å². The zero-order valence-electron chi connectivity index (χ0n) is 22.9. The van der Waals surface area contributed by atoms with Crippen molar-refractivity contribution in [3.05, 3.63) is 47.7 Å². The number of rotatable bonds is 8. The highest BCUT2D eigenvalue weighted by molar-refractivity contribution is 5.96. The number of piperazine rings is 1. The molecule has 0 atom stereocenters. The van der Waals surface area contributed by atoms with Gasteiger partial charge in [-0.2, -0.15) is 0 Å². The number of Topliss-reactive ketones (excluding diaryl/α,β-unsaturated/α-hetero) is 1. The minimum absolute atomic E-state index is 0.229. The van der Waals surface area contributed by atoms with Crippen molar-refractivity contribution in [2.75, 3.05) is 44.2 Å². The third kappa shape index (κ3) is 6.84. The van der Waals surface area contributed by atoms with E-state index >= 15 is 0 Å². The SMILES string of the molecule is CC(C)(C)Oc1ccc(C(=O)CC2CCC(CCN3CCN(c4nccc5c4OCC5)CC3)CC2)cc1. The number of aromatic nitrogens is 1. The Hall–Kier alpha value is -2.60. The molecule has 0 unspecified atom stereocenters. The van der Waals surface area contributed by atoms with Crippen LogP contribution in [0.4, 0.5) is 5.82 Å². The van der Waals surface area contributed by atoms with Gasteiger partial charge in [-0.3, -0.25) is 9.69 Å². The Kier molecular flexibility index (Phi) is 8.04. The van der Waals surface area contributed by atoms with Crippen molar-refractivity contribution in [3.63, 3.8) is 0 Å². The number of pyridine rings is 1. The van der Waals surface area contributed by atoms with E-state index in [1.807, 2.05) is 51.2 Å². The summed E-state index contributed by atoms with van der Waals surface area (Å²) in [4.78, 5) is 22.5. The third-order valence-electron chi connectivity index (χ3n) is 8.15. The lowest BCUT2D eigenvalue weighted by molar-refractivity contribution is 0.0940. The molecule has 1 aliphatic carbocycles. The molecular weight excluding hydrogens is 462 g/mol. The summed E-state index contributed by atoms with van der Waals surface area (Å²) in [5.41, 5.74) is 1.88. The van der Waals surface area contributed by atoms with Crippen molar-refractivity contribution in [2.45, 2.75) is 71.3 Å². The summed E-state index contributed by atoms with van der Waals surface area (Å²) in [6, 6.07) is 9.77. The number of benzene rings is 1. The van der Waals surface area contributed by atoms with Gasteiger partial charge < -0.3 is 14.4 Å². The number of hydrogen-bond acceptors (Lipinski definition) is 6. The molecule has 0 radical (unpaired) electrons.